The fraction of sp³-hybridized carbons (Fsp3) is 0.522. The predicted molar refractivity (Wildman–Crippen MR) is 121 cm³/mol. The maximum absolute atomic E-state index is 13.0. The van der Waals surface area contributed by atoms with Crippen molar-refractivity contribution in [3.05, 3.63) is 41.3 Å². The number of aromatic nitrogens is 1. The lowest BCUT2D eigenvalue weighted by molar-refractivity contribution is 0.0504. The highest BCUT2D eigenvalue weighted by Gasteiger charge is 2.36. The maximum atomic E-state index is 13.0. The van der Waals surface area contributed by atoms with Gasteiger partial charge < -0.3 is 19.2 Å². The monoisotopic (exact) mass is 478 g/mol. The fourth-order valence-corrected chi connectivity index (χ4v) is 5.64. The lowest BCUT2D eigenvalue weighted by atomic mass is 10.1. The minimum atomic E-state index is -3.51. The number of hydrogen-bond acceptors (Lipinski definition) is 8. The second-order valence-corrected chi connectivity index (χ2v) is 11.5. The van der Waals surface area contributed by atoms with E-state index in [0.717, 1.165) is 0 Å². The number of carbonyl (C=O) groups excluding carboxylic acids is 2. The van der Waals surface area contributed by atoms with Crippen LogP contribution in [0.5, 0.6) is 0 Å². The zero-order chi connectivity index (χ0) is 24.4. The van der Waals surface area contributed by atoms with Gasteiger partial charge in [-0.1, -0.05) is 0 Å². The van der Waals surface area contributed by atoms with Gasteiger partial charge in [0.05, 0.1) is 29.4 Å². The summed E-state index contributed by atoms with van der Waals surface area (Å²) >= 11 is 0. The molecule has 1 heterocycles. The SMILES string of the molecule is COC(=O)c1ccc(-c2nc(CS(=O)(=O)[C@@H]3CC[C@H](NC(=O)OC(C)(C)C)C3)c(C)o2)cc1. The molecule has 0 unspecified atom stereocenters. The second-order valence-electron chi connectivity index (χ2n) is 9.18. The summed E-state index contributed by atoms with van der Waals surface area (Å²) in [6.45, 7) is 7.00. The molecular weight excluding hydrogens is 448 g/mol. The van der Waals surface area contributed by atoms with E-state index in [9.17, 15) is 18.0 Å². The molecule has 9 nitrogen and oxygen atoms in total. The molecule has 1 aliphatic rings. The van der Waals surface area contributed by atoms with Gasteiger partial charge in [-0.3, -0.25) is 0 Å². The number of benzene rings is 1. The van der Waals surface area contributed by atoms with Crippen LogP contribution in [0.25, 0.3) is 11.5 Å². The van der Waals surface area contributed by atoms with Gasteiger partial charge in [-0.15, -0.1) is 0 Å². The smallest absolute Gasteiger partial charge is 0.407 e. The Morgan fingerprint density at radius 3 is 2.45 bits per heavy atom. The molecule has 0 aliphatic heterocycles. The molecule has 1 aliphatic carbocycles. The first kappa shape index (κ1) is 24.8. The molecule has 1 saturated carbocycles. The summed E-state index contributed by atoms with van der Waals surface area (Å²) in [4.78, 5) is 28.0. The number of nitrogens with zero attached hydrogens (tertiary/aromatic N) is 1. The third-order valence-corrected chi connectivity index (χ3v) is 7.52. The summed E-state index contributed by atoms with van der Waals surface area (Å²) in [5.41, 5.74) is 0.751. The van der Waals surface area contributed by atoms with Crippen molar-refractivity contribution in [2.75, 3.05) is 7.11 Å². The van der Waals surface area contributed by atoms with Crippen LogP contribution in [0.4, 0.5) is 4.79 Å². The Labute approximate surface area is 193 Å². The van der Waals surface area contributed by atoms with Gasteiger partial charge in [0.15, 0.2) is 9.84 Å². The number of sulfone groups is 1. The van der Waals surface area contributed by atoms with Gasteiger partial charge >= 0.3 is 12.1 Å². The molecule has 2 atom stereocenters. The predicted octanol–water partition coefficient (Wildman–Crippen LogP) is 3.80. The van der Waals surface area contributed by atoms with Crippen molar-refractivity contribution in [1.29, 1.82) is 0 Å². The van der Waals surface area contributed by atoms with E-state index in [1.807, 2.05) is 0 Å². The third-order valence-electron chi connectivity index (χ3n) is 5.40. The van der Waals surface area contributed by atoms with Crippen LogP contribution in [0.2, 0.25) is 0 Å². The Morgan fingerprint density at radius 1 is 1.18 bits per heavy atom. The van der Waals surface area contributed by atoms with Gasteiger partial charge in [0.1, 0.15) is 11.4 Å². The Kier molecular flexibility index (Phi) is 7.16. The molecule has 180 valence electrons. The van der Waals surface area contributed by atoms with Crippen LogP contribution >= 0.6 is 0 Å². The van der Waals surface area contributed by atoms with E-state index in [2.05, 4.69) is 15.0 Å². The number of nitrogens with one attached hydrogen (secondary N) is 1. The number of methoxy groups -OCH3 is 1. The van der Waals surface area contributed by atoms with E-state index in [1.54, 1.807) is 52.0 Å². The number of aryl methyl sites for hydroxylation is 1. The maximum Gasteiger partial charge on any atom is 0.407 e. The minimum absolute atomic E-state index is 0.244. The number of carbonyl (C=O) groups is 2. The molecule has 1 aromatic carbocycles. The molecule has 0 saturated heterocycles. The summed E-state index contributed by atoms with van der Waals surface area (Å²) in [5, 5.41) is 2.19. The van der Waals surface area contributed by atoms with E-state index < -0.39 is 32.8 Å². The van der Waals surface area contributed by atoms with Gasteiger partial charge in [-0.2, -0.15) is 0 Å². The number of alkyl carbamates (subject to hydrolysis) is 1. The van der Waals surface area contributed by atoms with Crippen LogP contribution in [-0.4, -0.2) is 49.5 Å². The topological polar surface area (TPSA) is 125 Å². The highest BCUT2D eigenvalue weighted by molar-refractivity contribution is 7.91. The first-order chi connectivity index (χ1) is 15.4. The number of esters is 1. The summed E-state index contributed by atoms with van der Waals surface area (Å²) in [6.07, 6.45) is 0.821. The number of oxazole rings is 1. The van der Waals surface area contributed by atoms with Crippen molar-refractivity contribution in [2.24, 2.45) is 0 Å². The zero-order valence-electron chi connectivity index (χ0n) is 19.5. The van der Waals surface area contributed by atoms with E-state index in [0.29, 0.717) is 41.8 Å². The minimum Gasteiger partial charge on any atom is -0.465 e. The van der Waals surface area contributed by atoms with Crippen molar-refractivity contribution >= 4 is 21.9 Å². The van der Waals surface area contributed by atoms with Gasteiger partial charge in [-0.25, -0.2) is 23.0 Å². The lowest BCUT2D eigenvalue weighted by Gasteiger charge is -2.21. The molecule has 1 N–H and O–H groups in total. The molecule has 0 bridgehead atoms. The quantitative estimate of drug-likeness (QED) is 0.622. The summed E-state index contributed by atoms with van der Waals surface area (Å²) in [6, 6.07) is 6.27. The fourth-order valence-electron chi connectivity index (χ4n) is 3.73. The first-order valence-electron chi connectivity index (χ1n) is 10.7. The standard InChI is InChI=1S/C23H30N2O7S/c1-14-19(25-20(31-14)15-6-8-16(9-7-15)21(26)30-5)13-33(28,29)18-11-10-17(12-18)24-22(27)32-23(2,3)4/h6-9,17-18H,10-13H2,1-5H3,(H,24,27)/t17-,18+/m0/s1. The van der Waals surface area contributed by atoms with Crippen LogP contribution in [0.1, 0.15) is 61.8 Å². The number of ether oxygens (including phenoxy) is 2. The normalized spacial score (nSPS) is 18.7. The summed E-state index contributed by atoms with van der Waals surface area (Å²) < 4.78 is 41.7. The van der Waals surface area contributed by atoms with Crippen molar-refractivity contribution in [3.63, 3.8) is 0 Å². The average Bonchev–Trinajstić information content (AvgIpc) is 3.33. The van der Waals surface area contributed by atoms with Crippen LogP contribution in [0.3, 0.4) is 0 Å². The van der Waals surface area contributed by atoms with Crippen LogP contribution in [0.15, 0.2) is 28.7 Å². The first-order valence-corrected chi connectivity index (χ1v) is 12.5. The van der Waals surface area contributed by atoms with Gasteiger partial charge in [0.2, 0.25) is 5.89 Å². The van der Waals surface area contributed by atoms with Crippen LogP contribution < -0.4 is 5.32 Å². The average molecular weight is 479 g/mol. The molecule has 1 fully saturated rings. The molecule has 1 amide bonds. The second kappa shape index (κ2) is 9.54. The van der Waals surface area contributed by atoms with Gasteiger partial charge in [0.25, 0.3) is 0 Å². The summed E-state index contributed by atoms with van der Waals surface area (Å²) in [5.74, 6) is 0.0110. The van der Waals surface area contributed by atoms with Crippen molar-refractivity contribution < 1.29 is 31.9 Å². The van der Waals surface area contributed by atoms with E-state index in [1.165, 1.54) is 7.11 Å². The Balaban J connectivity index is 1.65. The molecule has 0 spiro atoms. The summed E-state index contributed by atoms with van der Waals surface area (Å²) in [7, 11) is -2.20. The number of rotatable bonds is 6. The third kappa shape index (κ3) is 6.34. The highest BCUT2D eigenvalue weighted by atomic mass is 32.2. The van der Waals surface area contributed by atoms with Crippen molar-refractivity contribution in [1.82, 2.24) is 10.3 Å². The van der Waals surface area contributed by atoms with E-state index in [4.69, 9.17) is 9.15 Å². The molecular formula is C23H30N2O7S. The Hall–Kier alpha value is -2.88. The number of amides is 1. The number of hydrogen-bond donors (Lipinski definition) is 1. The Morgan fingerprint density at radius 2 is 1.85 bits per heavy atom. The molecule has 3 rings (SSSR count). The van der Waals surface area contributed by atoms with E-state index in [-0.39, 0.29) is 17.7 Å². The highest BCUT2D eigenvalue weighted by Crippen LogP contribution is 2.30. The lowest BCUT2D eigenvalue weighted by Crippen LogP contribution is -2.38. The van der Waals surface area contributed by atoms with Crippen LogP contribution in [0, 0.1) is 6.92 Å². The molecule has 10 heteroatoms. The van der Waals surface area contributed by atoms with Gasteiger partial charge in [0, 0.05) is 11.6 Å². The molecule has 2 aromatic rings. The van der Waals surface area contributed by atoms with Crippen molar-refractivity contribution in [3.8, 4) is 11.5 Å². The molecule has 0 radical (unpaired) electrons. The molecule has 33 heavy (non-hydrogen) atoms. The Bertz CT molecular complexity index is 1110. The van der Waals surface area contributed by atoms with Crippen molar-refractivity contribution in [2.45, 2.75) is 69.6 Å². The van der Waals surface area contributed by atoms with Crippen LogP contribution in [-0.2, 0) is 25.1 Å². The van der Waals surface area contributed by atoms with Gasteiger partial charge in [-0.05, 0) is 71.2 Å². The largest absolute Gasteiger partial charge is 0.465 e. The molecule has 1 aromatic heterocycles. The zero-order valence-corrected chi connectivity index (χ0v) is 20.3. The van der Waals surface area contributed by atoms with E-state index >= 15 is 0 Å².